The summed E-state index contributed by atoms with van der Waals surface area (Å²) in [6.07, 6.45) is 1.10. The van der Waals surface area contributed by atoms with Crippen molar-refractivity contribution in [2.24, 2.45) is 0 Å². The largest absolute Gasteiger partial charge is 0.303 e. The molecule has 0 saturated carbocycles. The van der Waals surface area contributed by atoms with E-state index >= 15 is 0 Å². The summed E-state index contributed by atoms with van der Waals surface area (Å²) in [4.78, 5) is 2.84. The van der Waals surface area contributed by atoms with Gasteiger partial charge in [-0.3, -0.25) is 0 Å². The monoisotopic (exact) mass is 207 g/mol. The summed E-state index contributed by atoms with van der Waals surface area (Å²) >= 11 is 1.88. The lowest BCUT2D eigenvalue weighted by Crippen LogP contribution is -2.27. The van der Waals surface area contributed by atoms with Crippen molar-refractivity contribution in [1.29, 1.82) is 0 Å². The predicted molar refractivity (Wildman–Crippen MR) is 63.7 cm³/mol. The Hall–Kier alpha value is -0.780. The first-order valence-electron chi connectivity index (χ1n) is 4.90. The maximum Gasteiger partial charge on any atom is 0.0578 e. The van der Waals surface area contributed by atoms with Gasteiger partial charge < -0.3 is 5.32 Å². The fourth-order valence-corrected chi connectivity index (χ4v) is 2.30. The normalized spacial score (nSPS) is 11.9. The molecule has 14 heavy (non-hydrogen) atoms. The highest BCUT2D eigenvalue weighted by molar-refractivity contribution is 7.11. The SMILES string of the molecule is CC#CCNC(C)Cc1ccc(C)s1. The summed E-state index contributed by atoms with van der Waals surface area (Å²) < 4.78 is 0. The summed E-state index contributed by atoms with van der Waals surface area (Å²) in [5, 5.41) is 3.37. The van der Waals surface area contributed by atoms with Crippen LogP contribution in [0.3, 0.4) is 0 Å². The molecule has 76 valence electrons. The van der Waals surface area contributed by atoms with Gasteiger partial charge in [0.2, 0.25) is 0 Å². The van der Waals surface area contributed by atoms with Crippen LogP contribution in [-0.2, 0) is 6.42 Å². The molecule has 0 aliphatic rings. The molecule has 1 rings (SSSR count). The lowest BCUT2D eigenvalue weighted by molar-refractivity contribution is 0.589. The van der Waals surface area contributed by atoms with Gasteiger partial charge in [-0.25, -0.2) is 0 Å². The van der Waals surface area contributed by atoms with Gasteiger partial charge in [0.05, 0.1) is 6.54 Å². The Balaban J connectivity index is 2.32. The van der Waals surface area contributed by atoms with Crippen LogP contribution in [0.25, 0.3) is 0 Å². The molecular weight excluding hydrogens is 190 g/mol. The molecule has 0 amide bonds. The van der Waals surface area contributed by atoms with E-state index in [1.807, 2.05) is 18.3 Å². The molecule has 0 aliphatic heterocycles. The Morgan fingerprint density at radius 1 is 1.50 bits per heavy atom. The van der Waals surface area contributed by atoms with Gasteiger partial charge >= 0.3 is 0 Å². The van der Waals surface area contributed by atoms with E-state index in [-0.39, 0.29) is 0 Å². The minimum Gasteiger partial charge on any atom is -0.303 e. The lowest BCUT2D eigenvalue weighted by atomic mass is 10.2. The molecule has 1 aromatic rings. The molecule has 0 aliphatic carbocycles. The van der Waals surface area contributed by atoms with E-state index in [2.05, 4.69) is 43.1 Å². The van der Waals surface area contributed by atoms with E-state index in [0.29, 0.717) is 6.04 Å². The predicted octanol–water partition coefficient (Wildman–Crippen LogP) is 2.60. The number of aryl methyl sites for hydroxylation is 1. The molecule has 0 bridgehead atoms. The first kappa shape index (κ1) is 11.3. The number of thiophene rings is 1. The minimum atomic E-state index is 0.508. The van der Waals surface area contributed by atoms with Crippen LogP contribution in [0.1, 0.15) is 23.6 Å². The molecule has 1 atom stereocenters. The van der Waals surface area contributed by atoms with Crippen molar-refractivity contribution in [2.75, 3.05) is 6.54 Å². The minimum absolute atomic E-state index is 0.508. The van der Waals surface area contributed by atoms with E-state index in [0.717, 1.165) is 13.0 Å². The molecular formula is C12H17NS. The third-order valence-corrected chi connectivity index (χ3v) is 3.04. The Labute approximate surface area is 90.5 Å². The smallest absolute Gasteiger partial charge is 0.0578 e. The van der Waals surface area contributed by atoms with Crippen molar-refractivity contribution in [3.8, 4) is 11.8 Å². The Kier molecular flexibility index (Phi) is 4.72. The van der Waals surface area contributed by atoms with Crippen molar-refractivity contribution in [2.45, 2.75) is 33.2 Å². The fraction of sp³-hybridized carbons (Fsp3) is 0.500. The Morgan fingerprint density at radius 2 is 2.29 bits per heavy atom. The van der Waals surface area contributed by atoms with E-state index in [9.17, 15) is 0 Å². The molecule has 0 spiro atoms. The quantitative estimate of drug-likeness (QED) is 0.748. The lowest BCUT2D eigenvalue weighted by Gasteiger charge is -2.09. The third kappa shape index (κ3) is 3.95. The number of hydrogen-bond acceptors (Lipinski definition) is 2. The molecule has 1 nitrogen and oxygen atoms in total. The van der Waals surface area contributed by atoms with Crippen LogP contribution < -0.4 is 5.32 Å². The van der Waals surface area contributed by atoms with Crippen molar-refractivity contribution >= 4 is 11.3 Å². The average molecular weight is 207 g/mol. The molecule has 2 heteroatoms. The Bertz CT molecular complexity index is 330. The molecule has 0 fully saturated rings. The average Bonchev–Trinajstić information content (AvgIpc) is 2.52. The standard InChI is InChI=1S/C12H17NS/c1-4-5-8-13-10(2)9-12-7-6-11(3)14-12/h6-7,10,13H,8-9H2,1-3H3. The van der Waals surface area contributed by atoms with Crippen molar-refractivity contribution in [3.05, 3.63) is 21.9 Å². The number of rotatable bonds is 4. The van der Waals surface area contributed by atoms with E-state index in [1.54, 1.807) is 0 Å². The molecule has 1 N–H and O–H groups in total. The second kappa shape index (κ2) is 5.85. The first-order valence-corrected chi connectivity index (χ1v) is 5.72. The summed E-state index contributed by atoms with van der Waals surface area (Å²) in [6.45, 7) is 7.01. The van der Waals surface area contributed by atoms with E-state index < -0.39 is 0 Å². The summed E-state index contributed by atoms with van der Waals surface area (Å²) in [7, 11) is 0. The van der Waals surface area contributed by atoms with Gasteiger partial charge in [0.1, 0.15) is 0 Å². The van der Waals surface area contributed by atoms with Gasteiger partial charge in [-0.2, -0.15) is 0 Å². The molecule has 1 unspecified atom stereocenters. The first-order chi connectivity index (χ1) is 6.72. The number of hydrogen-bond donors (Lipinski definition) is 1. The van der Waals surface area contributed by atoms with E-state index in [1.165, 1.54) is 9.75 Å². The topological polar surface area (TPSA) is 12.0 Å². The zero-order chi connectivity index (χ0) is 10.4. The zero-order valence-corrected chi connectivity index (χ0v) is 9.87. The van der Waals surface area contributed by atoms with Crippen LogP contribution >= 0.6 is 11.3 Å². The molecule has 0 saturated heterocycles. The molecule has 0 radical (unpaired) electrons. The van der Waals surface area contributed by atoms with Gasteiger partial charge in [0.15, 0.2) is 0 Å². The fourth-order valence-electron chi connectivity index (χ4n) is 1.28. The van der Waals surface area contributed by atoms with Crippen molar-refractivity contribution in [3.63, 3.8) is 0 Å². The van der Waals surface area contributed by atoms with Crippen LogP contribution in [0.2, 0.25) is 0 Å². The van der Waals surface area contributed by atoms with Gasteiger partial charge in [-0.05, 0) is 39.3 Å². The maximum atomic E-state index is 3.37. The summed E-state index contributed by atoms with van der Waals surface area (Å²) in [5.74, 6) is 5.89. The van der Waals surface area contributed by atoms with Crippen LogP contribution in [0.4, 0.5) is 0 Å². The molecule has 1 heterocycles. The van der Waals surface area contributed by atoms with Crippen LogP contribution in [-0.4, -0.2) is 12.6 Å². The zero-order valence-electron chi connectivity index (χ0n) is 9.05. The van der Waals surface area contributed by atoms with Crippen LogP contribution in [0.5, 0.6) is 0 Å². The van der Waals surface area contributed by atoms with Gasteiger partial charge in [0.25, 0.3) is 0 Å². The van der Waals surface area contributed by atoms with Crippen LogP contribution in [0, 0.1) is 18.8 Å². The summed E-state index contributed by atoms with van der Waals surface area (Å²) in [5.41, 5.74) is 0. The molecule has 1 aromatic heterocycles. The highest BCUT2D eigenvalue weighted by Crippen LogP contribution is 2.16. The molecule has 0 aromatic carbocycles. The van der Waals surface area contributed by atoms with Crippen LogP contribution in [0.15, 0.2) is 12.1 Å². The summed E-state index contributed by atoms with van der Waals surface area (Å²) in [6, 6.07) is 4.90. The Morgan fingerprint density at radius 3 is 2.86 bits per heavy atom. The van der Waals surface area contributed by atoms with E-state index in [4.69, 9.17) is 0 Å². The van der Waals surface area contributed by atoms with Gasteiger partial charge in [0, 0.05) is 15.8 Å². The van der Waals surface area contributed by atoms with Crippen molar-refractivity contribution in [1.82, 2.24) is 5.32 Å². The highest BCUT2D eigenvalue weighted by atomic mass is 32.1. The number of nitrogens with one attached hydrogen (secondary N) is 1. The second-order valence-electron chi connectivity index (χ2n) is 3.43. The van der Waals surface area contributed by atoms with Gasteiger partial charge in [-0.15, -0.1) is 17.3 Å². The van der Waals surface area contributed by atoms with Gasteiger partial charge in [-0.1, -0.05) is 5.92 Å². The maximum absolute atomic E-state index is 3.37. The second-order valence-corrected chi connectivity index (χ2v) is 4.80. The van der Waals surface area contributed by atoms with Crippen molar-refractivity contribution < 1.29 is 0 Å². The third-order valence-electron chi connectivity index (χ3n) is 2.02. The highest BCUT2D eigenvalue weighted by Gasteiger charge is 2.03.